The lowest BCUT2D eigenvalue weighted by Gasteiger charge is -2.29. The van der Waals surface area contributed by atoms with E-state index in [4.69, 9.17) is 4.74 Å². The summed E-state index contributed by atoms with van der Waals surface area (Å²) in [6.45, 7) is 5.60. The average molecular weight is 357 g/mol. The van der Waals surface area contributed by atoms with Gasteiger partial charge in [0.05, 0.1) is 25.1 Å². The molecule has 3 rings (SSSR count). The summed E-state index contributed by atoms with van der Waals surface area (Å²) in [5, 5.41) is 2.67. The van der Waals surface area contributed by atoms with E-state index < -0.39 is 11.7 Å². The van der Waals surface area contributed by atoms with Crippen molar-refractivity contribution in [1.82, 2.24) is 4.98 Å². The third-order valence-electron chi connectivity index (χ3n) is 4.25. The lowest BCUT2D eigenvalue weighted by Crippen LogP contribution is -2.36. The fourth-order valence-electron chi connectivity index (χ4n) is 2.87. The van der Waals surface area contributed by atoms with Crippen LogP contribution >= 0.6 is 0 Å². The molecule has 1 saturated heterocycles. The normalized spacial score (nSPS) is 14.2. The van der Waals surface area contributed by atoms with Gasteiger partial charge in [0.1, 0.15) is 5.82 Å². The van der Waals surface area contributed by atoms with Gasteiger partial charge in [-0.3, -0.25) is 14.6 Å². The van der Waals surface area contributed by atoms with Crippen LogP contribution in [0.15, 0.2) is 30.5 Å². The molecule has 136 valence electrons. The highest BCUT2D eigenvalue weighted by Gasteiger charge is 2.16. The van der Waals surface area contributed by atoms with Crippen molar-refractivity contribution >= 4 is 23.1 Å². The predicted molar refractivity (Wildman–Crippen MR) is 96.4 cm³/mol. The lowest BCUT2D eigenvalue weighted by atomic mass is 10.1. The number of hydrogen-bond acceptors (Lipinski definition) is 5. The first-order valence-corrected chi connectivity index (χ1v) is 8.36. The molecule has 1 aromatic carbocycles. The number of pyridine rings is 1. The van der Waals surface area contributed by atoms with Crippen molar-refractivity contribution in [3.05, 3.63) is 53.1 Å². The molecule has 0 radical (unpaired) electrons. The summed E-state index contributed by atoms with van der Waals surface area (Å²) < 4.78 is 19.3. The molecule has 0 atom stereocenters. The standard InChI is InChI=1S/C19H20FN3O3/c1-12-18(13(2)24)10-16(11-21-12)22-19(25)14-7-15(20)9-17(8-14)23-3-5-26-6-4-23/h7-11H,3-6H2,1-2H3,(H,22,25). The second-order valence-corrected chi connectivity index (χ2v) is 6.16. The molecule has 7 heteroatoms. The Kier molecular flexibility index (Phi) is 5.27. The minimum absolute atomic E-state index is 0.133. The minimum Gasteiger partial charge on any atom is -0.378 e. The molecule has 2 heterocycles. The number of Topliss-reactive ketones (excluding diaryl/α,β-unsaturated/α-hetero) is 1. The maximum absolute atomic E-state index is 14.0. The van der Waals surface area contributed by atoms with E-state index in [1.54, 1.807) is 19.1 Å². The van der Waals surface area contributed by atoms with E-state index in [0.29, 0.717) is 48.9 Å². The van der Waals surface area contributed by atoms with Gasteiger partial charge in [-0.25, -0.2) is 4.39 Å². The Bertz CT molecular complexity index is 848. The number of amides is 1. The largest absolute Gasteiger partial charge is 0.378 e. The molecular weight excluding hydrogens is 337 g/mol. The Labute approximate surface area is 151 Å². The van der Waals surface area contributed by atoms with Crippen LogP contribution in [-0.4, -0.2) is 43.0 Å². The van der Waals surface area contributed by atoms with Crippen LogP contribution in [0.4, 0.5) is 15.8 Å². The number of morpholine rings is 1. The van der Waals surface area contributed by atoms with E-state index >= 15 is 0 Å². The molecule has 0 saturated carbocycles. The number of aryl methyl sites for hydroxylation is 1. The van der Waals surface area contributed by atoms with Crippen LogP contribution in [0.3, 0.4) is 0 Å². The molecule has 1 aliphatic heterocycles. The van der Waals surface area contributed by atoms with Crippen LogP contribution in [0.2, 0.25) is 0 Å². The van der Waals surface area contributed by atoms with Crippen LogP contribution in [0.25, 0.3) is 0 Å². The molecule has 1 N–H and O–H groups in total. The zero-order valence-electron chi connectivity index (χ0n) is 14.7. The van der Waals surface area contributed by atoms with Gasteiger partial charge in [0, 0.05) is 35.6 Å². The van der Waals surface area contributed by atoms with Gasteiger partial charge in [0.2, 0.25) is 0 Å². The zero-order valence-corrected chi connectivity index (χ0v) is 14.7. The van der Waals surface area contributed by atoms with Gasteiger partial charge in [-0.2, -0.15) is 0 Å². The number of nitrogens with one attached hydrogen (secondary N) is 1. The second-order valence-electron chi connectivity index (χ2n) is 6.16. The van der Waals surface area contributed by atoms with Crippen molar-refractivity contribution in [2.75, 3.05) is 36.5 Å². The molecule has 0 unspecified atom stereocenters. The molecule has 0 spiro atoms. The summed E-state index contributed by atoms with van der Waals surface area (Å²) in [6, 6.07) is 5.82. The van der Waals surface area contributed by atoms with Gasteiger partial charge in [0.15, 0.2) is 5.78 Å². The fraction of sp³-hybridized carbons (Fsp3) is 0.316. The number of carbonyl (C=O) groups excluding carboxylic acids is 2. The van der Waals surface area contributed by atoms with Crippen LogP contribution in [0, 0.1) is 12.7 Å². The number of carbonyl (C=O) groups is 2. The molecule has 26 heavy (non-hydrogen) atoms. The highest BCUT2D eigenvalue weighted by atomic mass is 19.1. The van der Waals surface area contributed by atoms with E-state index in [1.165, 1.54) is 25.3 Å². The monoisotopic (exact) mass is 357 g/mol. The van der Waals surface area contributed by atoms with E-state index in [1.807, 2.05) is 4.90 Å². The number of ketones is 1. The minimum atomic E-state index is -0.481. The number of anilines is 2. The highest BCUT2D eigenvalue weighted by Crippen LogP contribution is 2.21. The molecule has 0 bridgehead atoms. The Morgan fingerprint density at radius 3 is 2.62 bits per heavy atom. The van der Waals surface area contributed by atoms with Gasteiger partial charge >= 0.3 is 0 Å². The molecule has 2 aromatic rings. The van der Waals surface area contributed by atoms with Gasteiger partial charge in [0.25, 0.3) is 5.91 Å². The summed E-state index contributed by atoms with van der Waals surface area (Å²) in [4.78, 5) is 30.3. The quantitative estimate of drug-likeness (QED) is 0.852. The van der Waals surface area contributed by atoms with Crippen molar-refractivity contribution in [1.29, 1.82) is 0 Å². The summed E-state index contributed by atoms with van der Waals surface area (Å²) >= 11 is 0. The molecule has 6 nitrogen and oxygen atoms in total. The topological polar surface area (TPSA) is 71.5 Å². The number of halogens is 1. The first-order valence-electron chi connectivity index (χ1n) is 8.36. The van der Waals surface area contributed by atoms with Gasteiger partial charge in [-0.15, -0.1) is 0 Å². The van der Waals surface area contributed by atoms with Crippen LogP contribution in [0.1, 0.15) is 33.3 Å². The Hall–Kier alpha value is -2.80. The molecule has 1 fully saturated rings. The first kappa shape index (κ1) is 18.0. The van der Waals surface area contributed by atoms with Crippen molar-refractivity contribution in [2.45, 2.75) is 13.8 Å². The lowest BCUT2D eigenvalue weighted by molar-refractivity contribution is 0.101. The maximum Gasteiger partial charge on any atom is 0.255 e. The van der Waals surface area contributed by atoms with Crippen LogP contribution in [0.5, 0.6) is 0 Å². The number of benzene rings is 1. The van der Waals surface area contributed by atoms with Crippen LogP contribution in [-0.2, 0) is 4.74 Å². The number of rotatable bonds is 4. The van der Waals surface area contributed by atoms with Crippen molar-refractivity contribution in [3.8, 4) is 0 Å². The van der Waals surface area contributed by atoms with Crippen molar-refractivity contribution in [3.63, 3.8) is 0 Å². The SMILES string of the molecule is CC(=O)c1cc(NC(=O)c2cc(F)cc(N3CCOCC3)c2)cnc1C. The average Bonchev–Trinajstić information content (AvgIpc) is 2.63. The number of ether oxygens (including phenoxy) is 1. The van der Waals surface area contributed by atoms with Gasteiger partial charge < -0.3 is 15.0 Å². The smallest absolute Gasteiger partial charge is 0.255 e. The van der Waals surface area contributed by atoms with Crippen molar-refractivity contribution < 1.29 is 18.7 Å². The first-order chi connectivity index (χ1) is 12.4. The van der Waals surface area contributed by atoms with Crippen LogP contribution < -0.4 is 10.2 Å². The zero-order chi connectivity index (χ0) is 18.7. The summed E-state index contributed by atoms with van der Waals surface area (Å²) in [5.41, 5.74) is 2.27. The van der Waals surface area contributed by atoms with E-state index in [0.717, 1.165) is 0 Å². The van der Waals surface area contributed by atoms with Gasteiger partial charge in [-0.05, 0) is 38.1 Å². The predicted octanol–water partition coefficient (Wildman–Crippen LogP) is 2.82. The molecule has 1 amide bonds. The maximum atomic E-state index is 14.0. The Morgan fingerprint density at radius 1 is 1.19 bits per heavy atom. The molecular formula is C19H20FN3O3. The third-order valence-corrected chi connectivity index (χ3v) is 4.25. The summed E-state index contributed by atoms with van der Waals surface area (Å²) in [5.74, 6) is -1.07. The second kappa shape index (κ2) is 7.61. The summed E-state index contributed by atoms with van der Waals surface area (Å²) in [6.07, 6.45) is 1.47. The number of aromatic nitrogens is 1. The van der Waals surface area contributed by atoms with E-state index in [-0.39, 0.29) is 11.3 Å². The molecule has 0 aliphatic carbocycles. The van der Waals surface area contributed by atoms with Gasteiger partial charge in [-0.1, -0.05) is 0 Å². The number of nitrogens with zero attached hydrogens (tertiary/aromatic N) is 2. The fourth-order valence-corrected chi connectivity index (χ4v) is 2.87. The molecule has 1 aromatic heterocycles. The Morgan fingerprint density at radius 2 is 1.92 bits per heavy atom. The van der Waals surface area contributed by atoms with E-state index in [2.05, 4.69) is 10.3 Å². The molecule has 1 aliphatic rings. The van der Waals surface area contributed by atoms with Crippen molar-refractivity contribution in [2.24, 2.45) is 0 Å². The number of hydrogen-bond donors (Lipinski definition) is 1. The third kappa shape index (κ3) is 4.05. The van der Waals surface area contributed by atoms with E-state index in [9.17, 15) is 14.0 Å². The summed E-state index contributed by atoms with van der Waals surface area (Å²) in [7, 11) is 0. The highest BCUT2D eigenvalue weighted by molar-refractivity contribution is 6.05. The Balaban J connectivity index is 1.82.